The van der Waals surface area contributed by atoms with Gasteiger partial charge in [-0.3, -0.25) is 4.79 Å². The molecule has 4 rings (SSSR count). The van der Waals surface area contributed by atoms with Crippen molar-refractivity contribution < 1.29 is 14.3 Å². The van der Waals surface area contributed by atoms with E-state index in [1.54, 1.807) is 26.6 Å². The smallest absolute Gasteiger partial charge is 0.257 e. The fourth-order valence-electron chi connectivity index (χ4n) is 4.32. The van der Waals surface area contributed by atoms with Crippen LogP contribution in [-0.4, -0.2) is 54.6 Å². The second kappa shape index (κ2) is 7.66. The Labute approximate surface area is 165 Å². The lowest BCUT2D eigenvalue weighted by Gasteiger charge is -2.39. The number of rotatable bonds is 5. The van der Waals surface area contributed by atoms with Gasteiger partial charge in [-0.2, -0.15) is 0 Å². The highest BCUT2D eigenvalue weighted by Gasteiger charge is 2.45. The highest BCUT2D eigenvalue weighted by atomic mass is 16.5. The molecule has 3 heterocycles. The molecule has 2 fully saturated rings. The Bertz CT molecular complexity index is 849. The minimum atomic E-state index is 0.0574. The summed E-state index contributed by atoms with van der Waals surface area (Å²) in [5, 5.41) is 0. The maximum atomic E-state index is 12.7. The summed E-state index contributed by atoms with van der Waals surface area (Å²) in [4.78, 5) is 25.6. The van der Waals surface area contributed by atoms with Crippen LogP contribution in [0.4, 0.5) is 5.82 Å². The van der Waals surface area contributed by atoms with E-state index in [1.165, 1.54) is 0 Å². The van der Waals surface area contributed by atoms with Crippen LogP contribution >= 0.6 is 0 Å². The third-order valence-corrected chi connectivity index (χ3v) is 5.88. The van der Waals surface area contributed by atoms with Crippen LogP contribution in [0, 0.1) is 5.41 Å². The van der Waals surface area contributed by atoms with Gasteiger partial charge in [0.25, 0.3) is 5.88 Å². The lowest BCUT2D eigenvalue weighted by Crippen LogP contribution is -2.42. The SMILES string of the molecule is COc1cccc(CN2CC3(CCN(c4nccnc4OC)CC3)CC2=O)c1. The number of hydrogen-bond acceptors (Lipinski definition) is 6. The number of piperidine rings is 1. The summed E-state index contributed by atoms with van der Waals surface area (Å²) in [6.45, 7) is 3.17. The van der Waals surface area contributed by atoms with Gasteiger partial charge in [0, 0.05) is 50.4 Å². The molecule has 1 amide bonds. The zero-order valence-corrected chi connectivity index (χ0v) is 16.4. The number of amides is 1. The summed E-state index contributed by atoms with van der Waals surface area (Å²) < 4.78 is 10.6. The molecule has 2 aliphatic rings. The first-order valence-corrected chi connectivity index (χ1v) is 9.63. The summed E-state index contributed by atoms with van der Waals surface area (Å²) in [5.74, 6) is 2.41. The van der Waals surface area contributed by atoms with Crippen LogP contribution in [0.15, 0.2) is 36.7 Å². The van der Waals surface area contributed by atoms with Crippen LogP contribution in [-0.2, 0) is 11.3 Å². The number of carbonyl (C=O) groups excluding carboxylic acids is 1. The zero-order valence-electron chi connectivity index (χ0n) is 16.4. The Balaban J connectivity index is 1.41. The monoisotopic (exact) mass is 382 g/mol. The van der Waals surface area contributed by atoms with E-state index >= 15 is 0 Å². The maximum absolute atomic E-state index is 12.7. The number of carbonyl (C=O) groups is 1. The van der Waals surface area contributed by atoms with E-state index < -0.39 is 0 Å². The van der Waals surface area contributed by atoms with Gasteiger partial charge in [0.1, 0.15) is 5.75 Å². The molecule has 0 bridgehead atoms. The van der Waals surface area contributed by atoms with Crippen LogP contribution in [0.2, 0.25) is 0 Å². The van der Waals surface area contributed by atoms with Crippen molar-refractivity contribution in [2.75, 3.05) is 38.8 Å². The van der Waals surface area contributed by atoms with Gasteiger partial charge in [-0.25, -0.2) is 9.97 Å². The molecule has 2 saturated heterocycles. The number of ether oxygens (including phenoxy) is 2. The molecule has 0 atom stereocenters. The Morgan fingerprint density at radius 2 is 1.89 bits per heavy atom. The minimum absolute atomic E-state index is 0.0574. The molecule has 7 nitrogen and oxygen atoms in total. The number of benzene rings is 1. The molecular weight excluding hydrogens is 356 g/mol. The van der Waals surface area contributed by atoms with Crippen LogP contribution in [0.25, 0.3) is 0 Å². The van der Waals surface area contributed by atoms with Crippen molar-refractivity contribution in [2.45, 2.75) is 25.8 Å². The molecule has 0 N–H and O–H groups in total. The lowest BCUT2D eigenvalue weighted by molar-refractivity contribution is -0.128. The van der Waals surface area contributed by atoms with Crippen LogP contribution in [0.5, 0.6) is 11.6 Å². The van der Waals surface area contributed by atoms with Gasteiger partial charge in [0.15, 0.2) is 5.82 Å². The second-order valence-corrected chi connectivity index (χ2v) is 7.65. The van der Waals surface area contributed by atoms with Gasteiger partial charge in [-0.1, -0.05) is 12.1 Å². The fourth-order valence-corrected chi connectivity index (χ4v) is 4.32. The van der Waals surface area contributed by atoms with Gasteiger partial charge in [0.2, 0.25) is 5.91 Å². The van der Waals surface area contributed by atoms with Gasteiger partial charge < -0.3 is 19.3 Å². The fraction of sp³-hybridized carbons (Fsp3) is 0.476. The Kier molecular flexibility index (Phi) is 5.07. The molecule has 0 saturated carbocycles. The summed E-state index contributed by atoms with van der Waals surface area (Å²) in [5.41, 5.74) is 1.16. The second-order valence-electron chi connectivity index (χ2n) is 7.65. The first kappa shape index (κ1) is 18.5. The normalized spacial score (nSPS) is 18.6. The Hall–Kier alpha value is -2.83. The largest absolute Gasteiger partial charge is 0.497 e. The summed E-state index contributed by atoms with van der Waals surface area (Å²) >= 11 is 0. The predicted molar refractivity (Wildman–Crippen MR) is 105 cm³/mol. The Morgan fingerprint density at radius 1 is 1.11 bits per heavy atom. The van der Waals surface area contributed by atoms with E-state index in [0.717, 1.165) is 49.6 Å². The topological polar surface area (TPSA) is 67.8 Å². The van der Waals surface area contributed by atoms with E-state index in [1.807, 2.05) is 29.2 Å². The van der Waals surface area contributed by atoms with Crippen molar-refractivity contribution in [1.82, 2.24) is 14.9 Å². The highest BCUT2D eigenvalue weighted by molar-refractivity contribution is 5.79. The van der Waals surface area contributed by atoms with Gasteiger partial charge in [-0.05, 0) is 30.5 Å². The molecule has 1 aromatic carbocycles. The molecule has 1 aromatic heterocycles. The van der Waals surface area contributed by atoms with Crippen LogP contribution < -0.4 is 14.4 Å². The van der Waals surface area contributed by atoms with Gasteiger partial charge in [-0.15, -0.1) is 0 Å². The minimum Gasteiger partial charge on any atom is -0.497 e. The van der Waals surface area contributed by atoms with Crippen molar-refractivity contribution in [3.8, 4) is 11.6 Å². The van der Waals surface area contributed by atoms with Crippen molar-refractivity contribution in [2.24, 2.45) is 5.41 Å². The average Bonchev–Trinajstić information content (AvgIpc) is 3.03. The predicted octanol–water partition coefficient (Wildman–Crippen LogP) is 2.51. The molecule has 0 aliphatic carbocycles. The first-order valence-electron chi connectivity index (χ1n) is 9.63. The van der Waals surface area contributed by atoms with E-state index in [0.29, 0.717) is 18.8 Å². The van der Waals surface area contributed by atoms with E-state index in [4.69, 9.17) is 9.47 Å². The third-order valence-electron chi connectivity index (χ3n) is 5.88. The van der Waals surface area contributed by atoms with Crippen molar-refractivity contribution >= 4 is 11.7 Å². The molecule has 2 aromatic rings. The number of likely N-dealkylation sites (tertiary alicyclic amines) is 1. The lowest BCUT2D eigenvalue weighted by atomic mass is 9.77. The molecule has 28 heavy (non-hydrogen) atoms. The summed E-state index contributed by atoms with van der Waals surface area (Å²) in [7, 11) is 3.28. The molecule has 7 heteroatoms. The molecular formula is C21H26N4O3. The number of anilines is 1. The van der Waals surface area contributed by atoms with Gasteiger partial charge >= 0.3 is 0 Å². The summed E-state index contributed by atoms with van der Waals surface area (Å²) in [6.07, 6.45) is 5.89. The van der Waals surface area contributed by atoms with Crippen LogP contribution in [0.3, 0.4) is 0 Å². The van der Waals surface area contributed by atoms with E-state index in [9.17, 15) is 4.79 Å². The molecule has 0 radical (unpaired) electrons. The maximum Gasteiger partial charge on any atom is 0.257 e. The molecule has 2 aliphatic heterocycles. The Morgan fingerprint density at radius 3 is 2.64 bits per heavy atom. The molecule has 148 valence electrons. The molecule has 0 unspecified atom stereocenters. The van der Waals surface area contributed by atoms with Crippen molar-refractivity contribution in [1.29, 1.82) is 0 Å². The number of hydrogen-bond donors (Lipinski definition) is 0. The third kappa shape index (κ3) is 3.61. The average molecular weight is 382 g/mol. The zero-order chi connectivity index (χ0) is 19.6. The first-order chi connectivity index (χ1) is 13.6. The number of aromatic nitrogens is 2. The highest BCUT2D eigenvalue weighted by Crippen LogP contribution is 2.42. The van der Waals surface area contributed by atoms with Gasteiger partial charge in [0.05, 0.1) is 14.2 Å². The molecule has 1 spiro atoms. The number of methoxy groups -OCH3 is 2. The van der Waals surface area contributed by atoms with Crippen LogP contribution in [0.1, 0.15) is 24.8 Å². The standard InChI is InChI=1S/C21H26N4O3/c1-27-17-5-3-4-16(12-17)14-25-15-21(13-18(25)26)6-10-24(11-7-21)19-20(28-2)23-9-8-22-19/h3-5,8-9,12H,6-7,10-11,13-15H2,1-2H3. The van der Waals surface area contributed by atoms with E-state index in [2.05, 4.69) is 14.9 Å². The van der Waals surface area contributed by atoms with Crippen molar-refractivity contribution in [3.05, 3.63) is 42.2 Å². The van der Waals surface area contributed by atoms with E-state index in [-0.39, 0.29) is 11.3 Å². The quantitative estimate of drug-likeness (QED) is 0.792. The summed E-state index contributed by atoms with van der Waals surface area (Å²) in [6, 6.07) is 7.94. The number of nitrogens with zero attached hydrogens (tertiary/aromatic N) is 4. The van der Waals surface area contributed by atoms with Crippen molar-refractivity contribution in [3.63, 3.8) is 0 Å².